The van der Waals surface area contributed by atoms with E-state index >= 15 is 0 Å². The van der Waals surface area contributed by atoms with Gasteiger partial charge in [0.05, 0.1) is 11.4 Å². The van der Waals surface area contributed by atoms with Crippen LogP contribution in [0.25, 0.3) is 11.1 Å². The number of sulfonamides is 1. The van der Waals surface area contributed by atoms with Crippen LogP contribution in [-0.2, 0) is 10.0 Å². The molecule has 1 aliphatic rings. The Morgan fingerprint density at radius 1 is 0.929 bits per heavy atom. The third kappa shape index (κ3) is 3.87. The van der Waals surface area contributed by atoms with Crippen molar-refractivity contribution >= 4 is 21.4 Å². The van der Waals surface area contributed by atoms with Crippen LogP contribution >= 0.6 is 0 Å². The van der Waals surface area contributed by atoms with Crippen LogP contribution in [0.15, 0.2) is 73.1 Å². The average Bonchev–Trinajstić information content (AvgIpc) is 3.08. The molecule has 6 heteroatoms. The van der Waals surface area contributed by atoms with Gasteiger partial charge in [0.15, 0.2) is 0 Å². The Morgan fingerprint density at radius 3 is 2.18 bits per heavy atom. The molecular formula is C22H23N3O2S. The van der Waals surface area contributed by atoms with Crippen molar-refractivity contribution in [3.05, 3.63) is 78.6 Å². The molecule has 0 amide bonds. The fourth-order valence-electron chi connectivity index (χ4n) is 3.50. The van der Waals surface area contributed by atoms with Gasteiger partial charge in [0.1, 0.15) is 0 Å². The van der Waals surface area contributed by atoms with Crippen molar-refractivity contribution in [2.75, 3.05) is 21.9 Å². The summed E-state index contributed by atoms with van der Waals surface area (Å²) in [7, 11) is -3.14. The van der Waals surface area contributed by atoms with Crippen molar-refractivity contribution in [2.45, 2.75) is 19.4 Å². The SMILES string of the molecule is CC(Nc1ccc(N2CCCS2(=O)=O)cc1)c1ccc(-c2ccncc2)cc1. The Kier molecular flexibility index (Phi) is 5.05. The standard InChI is InChI=1S/C22H23N3O2S/c1-17(18-3-5-19(6-4-18)20-11-13-23-14-12-20)24-21-7-9-22(10-8-21)25-15-2-16-28(25,26)27/h3-14,17,24H,2,15-16H2,1H3. The molecule has 5 nitrogen and oxygen atoms in total. The summed E-state index contributed by atoms with van der Waals surface area (Å²) in [5.41, 5.74) is 5.19. The third-order valence-electron chi connectivity index (χ3n) is 5.06. The molecular weight excluding hydrogens is 370 g/mol. The first-order chi connectivity index (χ1) is 13.5. The maximum Gasteiger partial charge on any atom is 0.235 e. The first kappa shape index (κ1) is 18.5. The number of hydrogen-bond donors (Lipinski definition) is 1. The van der Waals surface area contributed by atoms with E-state index in [0.29, 0.717) is 13.0 Å². The zero-order chi connectivity index (χ0) is 19.6. The highest BCUT2D eigenvalue weighted by Gasteiger charge is 2.28. The molecule has 1 fully saturated rings. The summed E-state index contributed by atoms with van der Waals surface area (Å²) in [6.07, 6.45) is 4.28. The average molecular weight is 394 g/mol. The first-order valence-electron chi connectivity index (χ1n) is 9.40. The monoisotopic (exact) mass is 393 g/mol. The lowest BCUT2D eigenvalue weighted by atomic mass is 10.0. The van der Waals surface area contributed by atoms with Crippen molar-refractivity contribution in [2.24, 2.45) is 0 Å². The molecule has 1 saturated heterocycles. The van der Waals surface area contributed by atoms with Crippen LogP contribution in [0.4, 0.5) is 11.4 Å². The van der Waals surface area contributed by atoms with Crippen molar-refractivity contribution in [3.63, 3.8) is 0 Å². The van der Waals surface area contributed by atoms with Crippen LogP contribution in [-0.4, -0.2) is 25.7 Å². The largest absolute Gasteiger partial charge is 0.379 e. The van der Waals surface area contributed by atoms with E-state index in [9.17, 15) is 8.42 Å². The number of nitrogens with zero attached hydrogens (tertiary/aromatic N) is 2. The Balaban J connectivity index is 1.44. The molecule has 2 aromatic carbocycles. The number of hydrogen-bond acceptors (Lipinski definition) is 4. The quantitative estimate of drug-likeness (QED) is 0.695. The van der Waals surface area contributed by atoms with Gasteiger partial charge in [0.2, 0.25) is 10.0 Å². The van der Waals surface area contributed by atoms with E-state index < -0.39 is 10.0 Å². The van der Waals surface area contributed by atoms with Crippen LogP contribution in [0.3, 0.4) is 0 Å². The summed E-state index contributed by atoms with van der Waals surface area (Å²) < 4.78 is 25.6. The zero-order valence-corrected chi connectivity index (χ0v) is 16.6. The summed E-state index contributed by atoms with van der Waals surface area (Å²) in [4.78, 5) is 4.06. The van der Waals surface area contributed by atoms with E-state index in [2.05, 4.69) is 41.5 Å². The number of benzene rings is 2. The highest BCUT2D eigenvalue weighted by atomic mass is 32.2. The van der Waals surface area contributed by atoms with Gasteiger partial charge in [-0.05, 0) is 66.4 Å². The molecule has 144 valence electrons. The molecule has 3 aromatic rings. The van der Waals surface area contributed by atoms with Gasteiger partial charge in [0.25, 0.3) is 0 Å². The van der Waals surface area contributed by atoms with Crippen molar-refractivity contribution in [1.29, 1.82) is 0 Å². The van der Waals surface area contributed by atoms with E-state index in [1.165, 1.54) is 9.87 Å². The molecule has 4 rings (SSSR count). The van der Waals surface area contributed by atoms with Crippen LogP contribution < -0.4 is 9.62 Å². The number of nitrogens with one attached hydrogen (secondary N) is 1. The predicted octanol–water partition coefficient (Wildman–Crippen LogP) is 4.46. The summed E-state index contributed by atoms with van der Waals surface area (Å²) in [5, 5.41) is 3.48. The highest BCUT2D eigenvalue weighted by Crippen LogP contribution is 2.27. The van der Waals surface area contributed by atoms with Gasteiger partial charge in [-0.25, -0.2) is 8.42 Å². The maximum absolute atomic E-state index is 12.0. The van der Waals surface area contributed by atoms with E-state index in [0.717, 1.165) is 22.5 Å². The van der Waals surface area contributed by atoms with Gasteiger partial charge in [0, 0.05) is 30.7 Å². The first-order valence-corrected chi connectivity index (χ1v) is 11.0. The van der Waals surface area contributed by atoms with Gasteiger partial charge in [-0.15, -0.1) is 0 Å². The minimum atomic E-state index is -3.14. The Hall–Kier alpha value is -2.86. The predicted molar refractivity (Wildman–Crippen MR) is 114 cm³/mol. The van der Waals surface area contributed by atoms with Gasteiger partial charge in [-0.1, -0.05) is 24.3 Å². The number of rotatable bonds is 5. The molecule has 1 aliphatic heterocycles. The Labute approximate surface area is 166 Å². The van der Waals surface area contributed by atoms with Gasteiger partial charge in [-0.2, -0.15) is 0 Å². The van der Waals surface area contributed by atoms with Crippen molar-refractivity contribution in [1.82, 2.24) is 4.98 Å². The molecule has 0 aliphatic carbocycles. The Bertz CT molecular complexity index is 1030. The van der Waals surface area contributed by atoms with E-state index in [4.69, 9.17) is 0 Å². The molecule has 0 radical (unpaired) electrons. The smallest absolute Gasteiger partial charge is 0.235 e. The molecule has 1 atom stereocenters. The van der Waals surface area contributed by atoms with Crippen LogP contribution in [0, 0.1) is 0 Å². The fraction of sp³-hybridized carbons (Fsp3) is 0.227. The second-order valence-electron chi connectivity index (χ2n) is 7.01. The van der Waals surface area contributed by atoms with Crippen molar-refractivity contribution < 1.29 is 8.42 Å². The van der Waals surface area contributed by atoms with E-state index in [1.807, 2.05) is 36.4 Å². The molecule has 1 unspecified atom stereocenters. The van der Waals surface area contributed by atoms with E-state index in [1.54, 1.807) is 12.4 Å². The molecule has 0 saturated carbocycles. The summed E-state index contributed by atoms with van der Waals surface area (Å²) in [6.45, 7) is 2.68. The number of aromatic nitrogens is 1. The number of anilines is 2. The minimum Gasteiger partial charge on any atom is -0.379 e. The van der Waals surface area contributed by atoms with Crippen LogP contribution in [0.1, 0.15) is 24.9 Å². The lowest BCUT2D eigenvalue weighted by Crippen LogP contribution is -2.24. The second-order valence-corrected chi connectivity index (χ2v) is 9.03. The van der Waals surface area contributed by atoms with Crippen LogP contribution in [0.2, 0.25) is 0 Å². The maximum atomic E-state index is 12.0. The highest BCUT2D eigenvalue weighted by molar-refractivity contribution is 7.93. The van der Waals surface area contributed by atoms with Gasteiger partial charge >= 0.3 is 0 Å². The molecule has 2 heterocycles. The zero-order valence-electron chi connectivity index (χ0n) is 15.7. The number of pyridine rings is 1. The summed E-state index contributed by atoms with van der Waals surface area (Å²) in [6, 6.07) is 20.2. The summed E-state index contributed by atoms with van der Waals surface area (Å²) in [5.74, 6) is 0.236. The van der Waals surface area contributed by atoms with Crippen molar-refractivity contribution in [3.8, 4) is 11.1 Å². The molecule has 0 spiro atoms. The lowest BCUT2D eigenvalue weighted by molar-refractivity contribution is 0.599. The second kappa shape index (κ2) is 7.64. The van der Waals surface area contributed by atoms with Gasteiger partial charge in [-0.3, -0.25) is 9.29 Å². The molecule has 1 aromatic heterocycles. The topological polar surface area (TPSA) is 62.3 Å². The minimum absolute atomic E-state index is 0.132. The Morgan fingerprint density at radius 2 is 1.57 bits per heavy atom. The molecule has 28 heavy (non-hydrogen) atoms. The molecule has 1 N–H and O–H groups in total. The lowest BCUT2D eigenvalue weighted by Gasteiger charge is -2.19. The van der Waals surface area contributed by atoms with Crippen LogP contribution in [0.5, 0.6) is 0 Å². The normalized spacial score (nSPS) is 16.7. The van der Waals surface area contributed by atoms with E-state index in [-0.39, 0.29) is 11.8 Å². The van der Waals surface area contributed by atoms with Gasteiger partial charge < -0.3 is 5.32 Å². The summed E-state index contributed by atoms with van der Waals surface area (Å²) >= 11 is 0. The molecule has 0 bridgehead atoms. The third-order valence-corrected chi connectivity index (χ3v) is 6.93. The fourth-order valence-corrected chi connectivity index (χ4v) is 5.06.